The molecule has 33 heavy (non-hydrogen) atoms. The van der Waals surface area contributed by atoms with Crippen LogP contribution >= 0.6 is 0 Å². The van der Waals surface area contributed by atoms with E-state index in [1.54, 1.807) is 12.1 Å². The number of carbonyl (C=O) groups excluding carboxylic acids is 3. The van der Waals surface area contributed by atoms with E-state index < -0.39 is 29.5 Å². The highest BCUT2D eigenvalue weighted by Crippen LogP contribution is 2.65. The Labute approximate surface area is 187 Å². The van der Waals surface area contributed by atoms with Crippen molar-refractivity contribution in [3.8, 4) is 0 Å². The number of nitrogens with one attached hydrogen (secondary N) is 1. The second-order valence-electron chi connectivity index (χ2n) is 9.18. The third-order valence-electron chi connectivity index (χ3n) is 7.53. The van der Waals surface area contributed by atoms with Gasteiger partial charge in [0.25, 0.3) is 5.91 Å². The van der Waals surface area contributed by atoms with Gasteiger partial charge in [-0.1, -0.05) is 36.4 Å². The fraction of sp³-hybridized carbons (Fsp3) is 0.320. The number of allylic oxidation sites excluding steroid dienone is 2. The van der Waals surface area contributed by atoms with Crippen molar-refractivity contribution in [2.75, 3.05) is 10.2 Å². The number of alkyl halides is 3. The van der Waals surface area contributed by atoms with Gasteiger partial charge in [-0.05, 0) is 54.4 Å². The molecule has 2 bridgehead atoms. The minimum Gasteiger partial charge on any atom is -0.321 e. The van der Waals surface area contributed by atoms with Gasteiger partial charge in [-0.25, -0.2) is 4.90 Å². The molecule has 3 fully saturated rings. The van der Waals surface area contributed by atoms with Crippen molar-refractivity contribution in [1.29, 1.82) is 0 Å². The van der Waals surface area contributed by atoms with Crippen LogP contribution < -0.4 is 10.2 Å². The molecule has 168 valence electrons. The maximum atomic E-state index is 13.4. The van der Waals surface area contributed by atoms with Crippen molar-refractivity contribution in [2.24, 2.45) is 35.5 Å². The number of benzene rings is 2. The number of anilines is 2. The number of nitrogens with zero attached hydrogens (tertiary/aromatic N) is 1. The van der Waals surface area contributed by atoms with Gasteiger partial charge in [0, 0.05) is 0 Å². The molecule has 0 aromatic heterocycles. The number of carbonyl (C=O) groups is 3. The summed E-state index contributed by atoms with van der Waals surface area (Å²) < 4.78 is 40.1. The molecule has 6 atom stereocenters. The van der Waals surface area contributed by atoms with Crippen molar-refractivity contribution in [3.05, 3.63) is 71.8 Å². The third kappa shape index (κ3) is 2.89. The van der Waals surface area contributed by atoms with E-state index in [1.807, 2.05) is 0 Å². The van der Waals surface area contributed by atoms with Crippen LogP contribution in [0.15, 0.2) is 60.7 Å². The second kappa shape index (κ2) is 6.79. The maximum absolute atomic E-state index is 13.4. The van der Waals surface area contributed by atoms with Crippen molar-refractivity contribution in [2.45, 2.75) is 12.6 Å². The Bertz CT molecular complexity index is 1200. The molecule has 7 rings (SSSR count). The molecule has 0 unspecified atom stereocenters. The van der Waals surface area contributed by atoms with Crippen LogP contribution in [0, 0.1) is 35.5 Å². The summed E-state index contributed by atoms with van der Waals surface area (Å²) in [5.74, 6) is -1.39. The van der Waals surface area contributed by atoms with E-state index in [-0.39, 0.29) is 40.6 Å². The number of hydrogen-bond donors (Lipinski definition) is 1. The second-order valence-corrected chi connectivity index (χ2v) is 9.18. The van der Waals surface area contributed by atoms with Crippen molar-refractivity contribution < 1.29 is 27.6 Å². The van der Waals surface area contributed by atoms with Crippen LogP contribution in [0.25, 0.3) is 0 Å². The summed E-state index contributed by atoms with van der Waals surface area (Å²) in [5, 5.41) is 2.31. The smallest absolute Gasteiger partial charge is 0.321 e. The van der Waals surface area contributed by atoms with Gasteiger partial charge in [0.1, 0.15) is 0 Å². The quantitative estimate of drug-likeness (QED) is 0.550. The highest BCUT2D eigenvalue weighted by molar-refractivity contribution is 6.25. The molecule has 1 N–H and O–H groups in total. The fourth-order valence-electron chi connectivity index (χ4n) is 6.08. The SMILES string of the molecule is O=C(Nc1ccccc1C(F)(F)F)c1ccccc1N1C(=O)[C@@H]2[C@H]3C=C[C@@H]([C@@H]4C[C@@H]34)[C@@H]2C1=O. The molecule has 1 heterocycles. The van der Waals surface area contributed by atoms with Crippen molar-refractivity contribution in [1.82, 2.24) is 0 Å². The molecule has 2 saturated carbocycles. The zero-order valence-electron chi connectivity index (χ0n) is 17.3. The molecule has 0 radical (unpaired) electrons. The van der Waals surface area contributed by atoms with E-state index in [2.05, 4.69) is 17.5 Å². The molecule has 2 aromatic rings. The van der Waals surface area contributed by atoms with Gasteiger partial charge in [-0.3, -0.25) is 14.4 Å². The molecular formula is C25H19F3N2O3. The summed E-state index contributed by atoms with van der Waals surface area (Å²) in [7, 11) is 0. The van der Waals surface area contributed by atoms with E-state index in [1.165, 1.54) is 30.3 Å². The number of hydrogen-bond acceptors (Lipinski definition) is 3. The Morgan fingerprint density at radius 1 is 0.879 bits per heavy atom. The van der Waals surface area contributed by atoms with Gasteiger partial charge in [-0.15, -0.1) is 0 Å². The summed E-state index contributed by atoms with van der Waals surface area (Å²) in [6.07, 6.45) is 0.503. The van der Waals surface area contributed by atoms with Crippen molar-refractivity contribution in [3.63, 3.8) is 0 Å². The first-order valence-corrected chi connectivity index (χ1v) is 10.9. The van der Waals surface area contributed by atoms with Crippen LogP contribution in [0.4, 0.5) is 24.5 Å². The van der Waals surface area contributed by atoms with Crippen LogP contribution in [-0.2, 0) is 15.8 Å². The van der Waals surface area contributed by atoms with Crippen LogP contribution in [0.1, 0.15) is 22.3 Å². The normalized spacial score (nSPS) is 31.4. The molecule has 1 saturated heterocycles. The Kier molecular flexibility index (Phi) is 4.16. The lowest BCUT2D eigenvalue weighted by molar-refractivity contribution is -0.137. The first-order valence-electron chi connectivity index (χ1n) is 10.9. The molecule has 1 aliphatic heterocycles. The summed E-state index contributed by atoms with van der Waals surface area (Å²) in [6, 6.07) is 10.7. The zero-order chi connectivity index (χ0) is 23.1. The van der Waals surface area contributed by atoms with Gasteiger partial charge >= 0.3 is 6.18 Å². The average molecular weight is 452 g/mol. The van der Waals surface area contributed by atoms with Crippen LogP contribution in [-0.4, -0.2) is 17.7 Å². The number of amides is 3. The lowest BCUT2D eigenvalue weighted by atomic mass is 9.63. The van der Waals surface area contributed by atoms with Gasteiger partial charge in [-0.2, -0.15) is 13.2 Å². The molecular weight excluding hydrogens is 433 g/mol. The van der Waals surface area contributed by atoms with E-state index >= 15 is 0 Å². The first-order chi connectivity index (χ1) is 15.8. The topological polar surface area (TPSA) is 66.5 Å². The molecule has 5 aliphatic rings. The maximum Gasteiger partial charge on any atom is 0.418 e. The van der Waals surface area contributed by atoms with Gasteiger partial charge in [0.2, 0.25) is 11.8 Å². The van der Waals surface area contributed by atoms with Crippen molar-refractivity contribution >= 4 is 29.1 Å². The highest BCUT2D eigenvalue weighted by atomic mass is 19.4. The molecule has 4 aliphatic carbocycles. The predicted octanol–water partition coefficient (Wildman–Crippen LogP) is 4.52. The average Bonchev–Trinajstić information content (AvgIpc) is 3.57. The van der Waals surface area contributed by atoms with Gasteiger partial charge < -0.3 is 5.32 Å². The Morgan fingerprint density at radius 2 is 1.45 bits per heavy atom. The molecule has 2 aromatic carbocycles. The Hall–Kier alpha value is -3.42. The first kappa shape index (κ1) is 20.2. The predicted molar refractivity (Wildman–Crippen MR) is 113 cm³/mol. The fourth-order valence-corrected chi connectivity index (χ4v) is 6.08. The number of halogens is 3. The number of rotatable bonds is 3. The number of imide groups is 1. The van der Waals surface area contributed by atoms with Gasteiger partial charge in [0.05, 0.1) is 34.3 Å². The summed E-state index contributed by atoms with van der Waals surface area (Å²) in [5.41, 5.74) is -1.28. The van der Waals surface area contributed by atoms with E-state index in [4.69, 9.17) is 0 Å². The summed E-state index contributed by atoms with van der Waals surface area (Å²) >= 11 is 0. The number of para-hydroxylation sites is 2. The third-order valence-corrected chi connectivity index (χ3v) is 7.53. The minimum atomic E-state index is -4.65. The van der Waals surface area contributed by atoms with Gasteiger partial charge in [0.15, 0.2) is 0 Å². The lowest BCUT2D eigenvalue weighted by Crippen LogP contribution is -2.40. The van der Waals surface area contributed by atoms with E-state index in [0.717, 1.165) is 17.4 Å². The Morgan fingerprint density at radius 3 is 2.09 bits per heavy atom. The standard InChI is InChI=1S/C25H19F3N2O3/c26-25(27,28)17-6-2-3-7-18(17)29-22(31)14-5-1-4-8-19(14)30-23(32)20-12-9-10-13(16-11-15(12)16)21(20)24(30)33/h1-10,12-13,15-16,20-21H,11H2,(H,29,31)/t12-,13-,15-,16-,20-,21+/m0/s1. The van der Waals surface area contributed by atoms with Crippen LogP contribution in [0.3, 0.4) is 0 Å². The molecule has 8 heteroatoms. The molecule has 0 spiro atoms. The minimum absolute atomic E-state index is 0.0275. The largest absolute Gasteiger partial charge is 0.418 e. The molecule has 3 amide bonds. The van der Waals surface area contributed by atoms with E-state index in [0.29, 0.717) is 11.8 Å². The molecule has 5 nitrogen and oxygen atoms in total. The summed E-state index contributed by atoms with van der Waals surface area (Å²) in [4.78, 5) is 41.0. The van der Waals surface area contributed by atoms with Crippen LogP contribution in [0.5, 0.6) is 0 Å². The highest BCUT2D eigenvalue weighted by Gasteiger charge is 2.67. The Balaban J connectivity index is 1.34. The van der Waals surface area contributed by atoms with E-state index in [9.17, 15) is 27.6 Å². The lowest BCUT2D eigenvalue weighted by Gasteiger charge is -2.37. The van der Waals surface area contributed by atoms with Crippen LogP contribution in [0.2, 0.25) is 0 Å². The zero-order valence-corrected chi connectivity index (χ0v) is 17.3. The monoisotopic (exact) mass is 452 g/mol. The summed E-state index contributed by atoms with van der Waals surface area (Å²) in [6.45, 7) is 0.